The van der Waals surface area contributed by atoms with Crippen molar-refractivity contribution < 1.29 is 4.79 Å². The summed E-state index contributed by atoms with van der Waals surface area (Å²) < 4.78 is 0. The molecule has 17 heavy (non-hydrogen) atoms. The number of thiazole rings is 1. The Labute approximate surface area is 107 Å². The number of halogens is 1. The van der Waals surface area contributed by atoms with Crippen molar-refractivity contribution in [1.82, 2.24) is 4.98 Å². The van der Waals surface area contributed by atoms with E-state index in [0.29, 0.717) is 22.1 Å². The number of amides is 1. The highest BCUT2D eigenvalue weighted by Gasteiger charge is 2.11. The van der Waals surface area contributed by atoms with Gasteiger partial charge in [-0.05, 0) is 25.1 Å². The van der Waals surface area contributed by atoms with Gasteiger partial charge in [-0.15, -0.1) is 11.3 Å². The Kier molecular flexibility index (Phi) is 3.31. The molecule has 0 aliphatic carbocycles. The molecule has 1 aromatic heterocycles. The number of nitrogen functional groups attached to an aromatic ring is 1. The molecule has 0 atom stereocenters. The van der Waals surface area contributed by atoms with E-state index in [-0.39, 0.29) is 5.91 Å². The summed E-state index contributed by atoms with van der Waals surface area (Å²) in [5, 5.41) is 5.77. The zero-order valence-electron chi connectivity index (χ0n) is 9.03. The van der Waals surface area contributed by atoms with Crippen molar-refractivity contribution in [3.05, 3.63) is 39.3 Å². The molecule has 0 fully saturated rings. The van der Waals surface area contributed by atoms with E-state index in [1.165, 1.54) is 11.3 Å². The second-order valence-electron chi connectivity index (χ2n) is 3.44. The minimum absolute atomic E-state index is 0.275. The molecule has 0 aliphatic rings. The summed E-state index contributed by atoms with van der Waals surface area (Å²) in [7, 11) is 0. The van der Waals surface area contributed by atoms with Crippen molar-refractivity contribution in [1.29, 1.82) is 0 Å². The van der Waals surface area contributed by atoms with E-state index in [4.69, 9.17) is 17.3 Å². The lowest BCUT2D eigenvalue weighted by atomic mass is 10.2. The van der Waals surface area contributed by atoms with E-state index in [0.717, 1.165) is 5.01 Å². The number of hydrogen-bond donors (Lipinski definition) is 2. The number of carbonyl (C=O) groups excluding carboxylic acids is 1. The third kappa shape index (κ3) is 2.75. The van der Waals surface area contributed by atoms with Gasteiger partial charge in [0, 0.05) is 10.4 Å². The molecule has 2 aromatic rings. The Hall–Kier alpha value is -1.59. The van der Waals surface area contributed by atoms with Gasteiger partial charge in [-0.1, -0.05) is 11.6 Å². The normalized spacial score (nSPS) is 10.2. The number of nitrogens with two attached hydrogens (primary N) is 1. The Bertz CT molecular complexity index is 568. The van der Waals surface area contributed by atoms with Crippen molar-refractivity contribution in [2.24, 2.45) is 0 Å². The summed E-state index contributed by atoms with van der Waals surface area (Å²) in [4.78, 5) is 15.9. The van der Waals surface area contributed by atoms with Gasteiger partial charge in [0.25, 0.3) is 5.91 Å². The average Bonchev–Trinajstić information content (AvgIpc) is 2.69. The van der Waals surface area contributed by atoms with Crippen LogP contribution in [0.4, 0.5) is 11.4 Å². The van der Waals surface area contributed by atoms with Gasteiger partial charge in [-0.2, -0.15) is 0 Å². The Balaban J connectivity index is 2.18. The van der Waals surface area contributed by atoms with Crippen LogP contribution in [-0.4, -0.2) is 10.9 Å². The van der Waals surface area contributed by atoms with Crippen molar-refractivity contribution in [3.63, 3.8) is 0 Å². The second kappa shape index (κ2) is 4.73. The molecule has 0 unspecified atom stereocenters. The smallest absolute Gasteiger partial charge is 0.275 e. The van der Waals surface area contributed by atoms with Crippen LogP contribution in [0.1, 0.15) is 15.5 Å². The fourth-order valence-electron chi connectivity index (χ4n) is 1.30. The number of rotatable bonds is 2. The van der Waals surface area contributed by atoms with Crippen LogP contribution in [0.15, 0.2) is 23.6 Å². The molecule has 1 amide bonds. The van der Waals surface area contributed by atoms with Gasteiger partial charge in [0.1, 0.15) is 5.69 Å². The van der Waals surface area contributed by atoms with E-state index in [9.17, 15) is 4.79 Å². The predicted molar refractivity (Wildman–Crippen MR) is 70.7 cm³/mol. The van der Waals surface area contributed by atoms with E-state index in [2.05, 4.69) is 10.3 Å². The van der Waals surface area contributed by atoms with Gasteiger partial charge in [0.15, 0.2) is 0 Å². The van der Waals surface area contributed by atoms with E-state index in [1.807, 2.05) is 6.92 Å². The summed E-state index contributed by atoms with van der Waals surface area (Å²) in [5.41, 5.74) is 7.09. The zero-order valence-corrected chi connectivity index (χ0v) is 10.6. The first-order valence-corrected chi connectivity index (χ1v) is 6.10. The summed E-state index contributed by atoms with van der Waals surface area (Å²) in [6.07, 6.45) is 0. The number of nitrogens with zero attached hydrogens (tertiary/aromatic N) is 1. The SMILES string of the molecule is Cc1nc(C(=O)Nc2ccc(Cl)cc2N)cs1. The lowest BCUT2D eigenvalue weighted by molar-refractivity contribution is 0.102. The topological polar surface area (TPSA) is 68.0 Å². The second-order valence-corrected chi connectivity index (χ2v) is 4.94. The Morgan fingerprint density at radius 3 is 2.88 bits per heavy atom. The first-order chi connectivity index (χ1) is 8.06. The van der Waals surface area contributed by atoms with Gasteiger partial charge in [-0.3, -0.25) is 4.79 Å². The summed E-state index contributed by atoms with van der Waals surface area (Å²) in [6, 6.07) is 4.91. The fourth-order valence-corrected chi connectivity index (χ4v) is 2.08. The van der Waals surface area contributed by atoms with Gasteiger partial charge >= 0.3 is 0 Å². The molecule has 0 saturated heterocycles. The van der Waals surface area contributed by atoms with Crippen molar-refractivity contribution >= 4 is 40.2 Å². The molecule has 0 bridgehead atoms. The van der Waals surface area contributed by atoms with Crippen molar-refractivity contribution in [3.8, 4) is 0 Å². The molecule has 6 heteroatoms. The van der Waals surface area contributed by atoms with E-state index >= 15 is 0 Å². The molecule has 0 spiro atoms. The first-order valence-electron chi connectivity index (χ1n) is 4.85. The van der Waals surface area contributed by atoms with Crippen LogP contribution < -0.4 is 11.1 Å². The minimum atomic E-state index is -0.275. The minimum Gasteiger partial charge on any atom is -0.397 e. The van der Waals surface area contributed by atoms with Crippen LogP contribution in [0.25, 0.3) is 0 Å². The number of carbonyl (C=O) groups is 1. The van der Waals surface area contributed by atoms with Gasteiger partial charge in [-0.25, -0.2) is 4.98 Å². The fraction of sp³-hybridized carbons (Fsp3) is 0.0909. The number of benzene rings is 1. The molecule has 0 aliphatic heterocycles. The van der Waals surface area contributed by atoms with E-state index in [1.54, 1.807) is 23.6 Å². The zero-order chi connectivity index (χ0) is 12.4. The monoisotopic (exact) mass is 267 g/mol. The highest BCUT2D eigenvalue weighted by molar-refractivity contribution is 7.09. The standard InChI is InChI=1S/C11H10ClN3OS/c1-6-14-10(5-17-6)11(16)15-9-3-2-7(12)4-8(9)13/h2-5H,13H2,1H3,(H,15,16). The third-order valence-electron chi connectivity index (χ3n) is 2.11. The predicted octanol–water partition coefficient (Wildman–Crippen LogP) is 2.94. The first kappa shape index (κ1) is 11.9. The molecule has 88 valence electrons. The highest BCUT2D eigenvalue weighted by atomic mass is 35.5. The lowest BCUT2D eigenvalue weighted by Crippen LogP contribution is -2.13. The molecule has 0 saturated carbocycles. The molecular weight excluding hydrogens is 258 g/mol. The lowest BCUT2D eigenvalue weighted by Gasteiger charge is -2.06. The quantitative estimate of drug-likeness (QED) is 0.822. The van der Waals surface area contributed by atoms with Gasteiger partial charge < -0.3 is 11.1 Å². The number of aromatic nitrogens is 1. The maximum atomic E-state index is 11.8. The molecular formula is C11H10ClN3OS. The van der Waals surface area contributed by atoms with Gasteiger partial charge in [0.2, 0.25) is 0 Å². The van der Waals surface area contributed by atoms with Crippen molar-refractivity contribution in [2.45, 2.75) is 6.92 Å². The van der Waals surface area contributed by atoms with Crippen molar-refractivity contribution in [2.75, 3.05) is 11.1 Å². The Morgan fingerprint density at radius 1 is 1.53 bits per heavy atom. The maximum absolute atomic E-state index is 11.8. The molecule has 3 N–H and O–H groups in total. The molecule has 1 heterocycles. The number of aryl methyl sites for hydroxylation is 1. The highest BCUT2D eigenvalue weighted by Crippen LogP contribution is 2.23. The molecule has 0 radical (unpaired) electrons. The number of hydrogen-bond acceptors (Lipinski definition) is 4. The van der Waals surface area contributed by atoms with Crippen LogP contribution in [0, 0.1) is 6.92 Å². The van der Waals surface area contributed by atoms with Crippen LogP contribution >= 0.6 is 22.9 Å². The average molecular weight is 268 g/mol. The third-order valence-corrected chi connectivity index (χ3v) is 3.12. The van der Waals surface area contributed by atoms with Crippen LogP contribution in [0.3, 0.4) is 0 Å². The van der Waals surface area contributed by atoms with Crippen LogP contribution in [0.2, 0.25) is 5.02 Å². The van der Waals surface area contributed by atoms with Crippen LogP contribution in [0.5, 0.6) is 0 Å². The van der Waals surface area contributed by atoms with Crippen LogP contribution in [-0.2, 0) is 0 Å². The largest absolute Gasteiger partial charge is 0.397 e. The van der Waals surface area contributed by atoms with Gasteiger partial charge in [0.05, 0.1) is 16.4 Å². The molecule has 2 rings (SSSR count). The summed E-state index contributed by atoms with van der Waals surface area (Å²) in [5.74, 6) is -0.275. The maximum Gasteiger partial charge on any atom is 0.275 e. The number of anilines is 2. The number of nitrogens with one attached hydrogen (secondary N) is 1. The van der Waals surface area contributed by atoms with E-state index < -0.39 is 0 Å². The molecule has 4 nitrogen and oxygen atoms in total. The summed E-state index contributed by atoms with van der Waals surface area (Å²) >= 11 is 7.20. The molecule has 1 aromatic carbocycles. The Morgan fingerprint density at radius 2 is 2.29 bits per heavy atom. The summed E-state index contributed by atoms with van der Waals surface area (Å²) in [6.45, 7) is 1.85.